The van der Waals surface area contributed by atoms with Crippen molar-refractivity contribution in [3.05, 3.63) is 29.8 Å². The summed E-state index contributed by atoms with van der Waals surface area (Å²) in [4.78, 5) is 159. The summed E-state index contributed by atoms with van der Waals surface area (Å²) in [5.74, 6) is -11.2. The van der Waals surface area contributed by atoms with Crippen molar-refractivity contribution in [3.8, 4) is 5.75 Å². The summed E-state index contributed by atoms with van der Waals surface area (Å²) in [7, 11) is 0. The largest absolute Gasteiger partial charge is 0.508 e. The molecule has 2 rings (SSSR count). The van der Waals surface area contributed by atoms with Gasteiger partial charge in [0.05, 0.1) is 25.4 Å². The van der Waals surface area contributed by atoms with E-state index in [-0.39, 0.29) is 50.8 Å². The lowest BCUT2D eigenvalue weighted by Gasteiger charge is -2.28. The van der Waals surface area contributed by atoms with Crippen LogP contribution in [0.1, 0.15) is 155 Å². The molecule has 78 heavy (non-hydrogen) atoms. The number of unbranched alkanes of at least 4 members (excludes halogenated alkanes) is 7. The van der Waals surface area contributed by atoms with Crippen molar-refractivity contribution in [3.63, 3.8) is 0 Å². The van der Waals surface area contributed by atoms with E-state index in [9.17, 15) is 67.7 Å². The van der Waals surface area contributed by atoms with Crippen molar-refractivity contribution >= 4 is 70.9 Å². The van der Waals surface area contributed by atoms with Crippen molar-refractivity contribution < 1.29 is 67.7 Å². The zero-order chi connectivity index (χ0) is 58.3. The van der Waals surface area contributed by atoms with Gasteiger partial charge in [0.25, 0.3) is 0 Å². The Morgan fingerprint density at radius 3 is 1.58 bits per heavy atom. The fourth-order valence-electron chi connectivity index (χ4n) is 8.49. The van der Waals surface area contributed by atoms with Gasteiger partial charge < -0.3 is 75.7 Å². The minimum absolute atomic E-state index is 0.0948. The first-order valence-electron chi connectivity index (χ1n) is 26.9. The molecule has 1 aliphatic heterocycles. The van der Waals surface area contributed by atoms with E-state index in [1.54, 1.807) is 0 Å². The molecule has 2 unspecified atom stereocenters. The Bertz CT molecular complexity index is 2200. The number of primary amides is 4. The lowest BCUT2D eigenvalue weighted by Crippen LogP contribution is -2.60. The van der Waals surface area contributed by atoms with Crippen LogP contribution in [0.15, 0.2) is 24.3 Å². The average Bonchev–Trinajstić information content (AvgIpc) is 3.35. The number of nitrogens with one attached hydrogen (secondary N) is 8. The van der Waals surface area contributed by atoms with E-state index >= 15 is 0 Å². The molecule has 26 heteroatoms. The molecule has 0 aliphatic carbocycles. The van der Waals surface area contributed by atoms with Crippen molar-refractivity contribution in [2.24, 2.45) is 28.9 Å². The van der Waals surface area contributed by atoms with Crippen LogP contribution in [0.25, 0.3) is 0 Å². The summed E-state index contributed by atoms with van der Waals surface area (Å²) in [5.41, 5.74) is 22.1. The number of carbonyl (C=O) groups is 12. The molecule has 436 valence electrons. The summed E-state index contributed by atoms with van der Waals surface area (Å²) >= 11 is 0. The fourth-order valence-corrected chi connectivity index (χ4v) is 8.49. The molecule has 9 atom stereocenters. The van der Waals surface area contributed by atoms with Crippen molar-refractivity contribution in [2.45, 2.75) is 204 Å². The molecular weight excluding hydrogens is 1020 g/mol. The van der Waals surface area contributed by atoms with E-state index in [1.807, 2.05) is 0 Å². The number of hydrogen-bond acceptors (Lipinski definition) is 14. The smallest absolute Gasteiger partial charge is 0.245 e. The van der Waals surface area contributed by atoms with Crippen LogP contribution in [-0.2, 0) is 64.0 Å². The van der Waals surface area contributed by atoms with Gasteiger partial charge in [-0.15, -0.1) is 0 Å². The number of carbonyl (C=O) groups excluding carboxylic acids is 12. The van der Waals surface area contributed by atoms with Gasteiger partial charge in [-0.05, 0) is 56.2 Å². The third kappa shape index (κ3) is 27.6. The van der Waals surface area contributed by atoms with Crippen LogP contribution < -0.4 is 65.5 Å². The van der Waals surface area contributed by atoms with Crippen molar-refractivity contribution in [2.75, 3.05) is 6.54 Å². The number of rotatable bonds is 24. The highest BCUT2D eigenvalue weighted by molar-refractivity contribution is 5.99. The van der Waals surface area contributed by atoms with Gasteiger partial charge in [-0.2, -0.15) is 0 Å². The first-order valence-corrected chi connectivity index (χ1v) is 26.9. The van der Waals surface area contributed by atoms with Gasteiger partial charge in [-0.3, -0.25) is 57.5 Å². The van der Waals surface area contributed by atoms with Gasteiger partial charge in [-0.1, -0.05) is 90.2 Å². The van der Waals surface area contributed by atoms with Crippen LogP contribution in [0, 0.1) is 5.92 Å². The summed E-state index contributed by atoms with van der Waals surface area (Å²) in [6.07, 6.45) is 4.37. The van der Waals surface area contributed by atoms with Crippen LogP contribution in [0.2, 0.25) is 0 Å². The number of amides is 12. The molecule has 0 bridgehead atoms. The maximum absolute atomic E-state index is 14.2. The van der Waals surface area contributed by atoms with E-state index in [0.29, 0.717) is 24.3 Å². The minimum atomic E-state index is -1.80. The summed E-state index contributed by atoms with van der Waals surface area (Å²) < 4.78 is 0. The summed E-state index contributed by atoms with van der Waals surface area (Å²) in [5, 5.41) is 40.4. The Morgan fingerprint density at radius 2 is 1.04 bits per heavy atom. The van der Waals surface area contributed by atoms with E-state index in [4.69, 9.17) is 22.9 Å². The van der Waals surface area contributed by atoms with Gasteiger partial charge in [0.1, 0.15) is 42.0 Å². The first kappa shape index (κ1) is 66.7. The predicted octanol–water partition coefficient (Wildman–Crippen LogP) is -1.76. The average molecular weight is 1100 g/mol. The maximum Gasteiger partial charge on any atom is 0.245 e. The number of nitrogens with two attached hydrogens (primary N) is 4. The molecule has 1 heterocycles. The van der Waals surface area contributed by atoms with E-state index in [1.165, 1.54) is 37.6 Å². The van der Waals surface area contributed by atoms with Gasteiger partial charge in [0.15, 0.2) is 0 Å². The molecule has 1 aromatic rings. The van der Waals surface area contributed by atoms with Gasteiger partial charge in [-0.25, -0.2) is 0 Å². The Kier molecular flexibility index (Phi) is 30.7. The van der Waals surface area contributed by atoms with Crippen LogP contribution in [0.5, 0.6) is 5.75 Å². The molecule has 0 aromatic heterocycles. The third-order valence-corrected chi connectivity index (χ3v) is 13.1. The maximum atomic E-state index is 14.2. The number of hydrogen-bond donors (Lipinski definition) is 14. The number of aliphatic hydroxyl groups is 1. The minimum Gasteiger partial charge on any atom is -0.508 e. The standard InChI is InChI=1S/C52H84N12O14/c1-4-30(2)15-11-9-7-5-6-8-10-12-16-33-26-45(72)60-37(27-41(54)68)49(75)62-36(25-32-18-20-34(66)21-19-32)48(74)63-39(29-43(56)70)50(76)61-35(22-23-40(53)67)47(73)57-24-14-13-17-44(71)59-38(28-42(55)69)51(77)64-46(31(3)65)52(78)58-33/h18-21,30-31,33,35-39,46,65-66H,4-17,22-29H2,1-3H3,(H2,53,67)(H2,54,68)(H2,55,69)(H2,56,70)(H,57,73)(H,58,78)(H,59,71)(H,60,72)(H,61,76)(H,62,75)(H,63,74)(H,64,77)/t30?,31-,33?,35+,36+,37+,38+,39+,46-/m1/s1. The van der Waals surface area contributed by atoms with Crippen LogP contribution >= 0.6 is 0 Å². The van der Waals surface area contributed by atoms with Crippen molar-refractivity contribution in [1.29, 1.82) is 0 Å². The Hall–Kier alpha value is -7.38. The lowest BCUT2D eigenvalue weighted by atomic mass is 9.99. The van der Waals surface area contributed by atoms with Crippen LogP contribution in [-0.4, -0.2) is 136 Å². The van der Waals surface area contributed by atoms with Crippen LogP contribution in [0.3, 0.4) is 0 Å². The summed E-state index contributed by atoms with van der Waals surface area (Å²) in [6.45, 7) is 5.52. The zero-order valence-electron chi connectivity index (χ0n) is 45.2. The van der Waals surface area contributed by atoms with Crippen molar-refractivity contribution in [1.82, 2.24) is 42.5 Å². The van der Waals surface area contributed by atoms with Gasteiger partial charge in [0.2, 0.25) is 70.9 Å². The normalized spacial score (nSPS) is 22.9. The Balaban J connectivity index is 2.61. The van der Waals surface area contributed by atoms with E-state index in [0.717, 1.165) is 44.9 Å². The first-order chi connectivity index (χ1) is 36.9. The molecule has 0 radical (unpaired) electrons. The fraction of sp³-hybridized carbons (Fsp3) is 0.654. The van der Waals surface area contributed by atoms with E-state index < -0.39 is 151 Å². The molecule has 18 N–H and O–H groups in total. The molecule has 1 saturated heterocycles. The Labute approximate surface area is 454 Å². The second-order valence-corrected chi connectivity index (χ2v) is 20.1. The lowest BCUT2D eigenvalue weighted by molar-refractivity contribution is -0.136. The second kappa shape index (κ2) is 35.9. The molecule has 1 aromatic carbocycles. The highest BCUT2D eigenvalue weighted by atomic mass is 16.3. The molecule has 0 spiro atoms. The number of phenolic OH excluding ortho intramolecular Hbond substituents is 1. The highest BCUT2D eigenvalue weighted by Gasteiger charge is 2.35. The number of benzene rings is 1. The van der Waals surface area contributed by atoms with Crippen LogP contribution in [0.4, 0.5) is 0 Å². The molecule has 0 saturated carbocycles. The molecule has 1 aliphatic rings. The molecular formula is C52H84N12O14. The molecule has 12 amide bonds. The third-order valence-electron chi connectivity index (χ3n) is 13.1. The SMILES string of the molecule is CCC(C)CCCCCCCCCCC1CC(=O)N[C@@H](CC(N)=O)C(=O)N[C@@H](Cc2ccc(O)cc2)C(=O)N[C@@H](CC(N)=O)C(=O)N[C@@H](CCC(N)=O)C(=O)NCCCCC(=O)N[C@@H](CC(N)=O)C(=O)N[C@H]([C@@H](C)O)C(=O)N1. The number of aromatic hydroxyl groups is 1. The zero-order valence-corrected chi connectivity index (χ0v) is 45.2. The van der Waals surface area contributed by atoms with Gasteiger partial charge in [0, 0.05) is 38.3 Å². The van der Waals surface area contributed by atoms with E-state index in [2.05, 4.69) is 56.4 Å². The van der Waals surface area contributed by atoms with Gasteiger partial charge >= 0.3 is 0 Å². The predicted molar refractivity (Wildman–Crippen MR) is 284 cm³/mol. The number of phenols is 1. The molecule has 1 fully saturated rings. The summed E-state index contributed by atoms with van der Waals surface area (Å²) in [6, 6.07) is -5.59. The quantitative estimate of drug-likeness (QED) is 0.0511. The monoisotopic (exact) mass is 1100 g/mol. The molecule has 26 nitrogen and oxygen atoms in total. The second-order valence-electron chi connectivity index (χ2n) is 20.1. The Morgan fingerprint density at radius 1 is 0.551 bits per heavy atom. The topological polar surface area (TPSA) is 446 Å². The number of aliphatic hydroxyl groups excluding tert-OH is 1. The highest BCUT2D eigenvalue weighted by Crippen LogP contribution is 2.17.